The highest BCUT2D eigenvalue weighted by Crippen LogP contribution is 2.30. The third kappa shape index (κ3) is 5.74. The number of aryl methyl sites for hydroxylation is 1. The van der Waals surface area contributed by atoms with E-state index in [9.17, 15) is 9.18 Å². The molecule has 1 N–H and O–H groups in total. The molecule has 3 aromatic rings. The predicted molar refractivity (Wildman–Crippen MR) is 127 cm³/mol. The highest BCUT2D eigenvalue weighted by Gasteiger charge is 2.33. The number of hydrogen-bond acceptors (Lipinski definition) is 3. The van der Waals surface area contributed by atoms with Crippen molar-refractivity contribution in [2.45, 2.75) is 77.8 Å². The minimum Gasteiger partial charge on any atom is -0.302 e. The van der Waals surface area contributed by atoms with Gasteiger partial charge >= 0.3 is 0 Å². The van der Waals surface area contributed by atoms with Gasteiger partial charge in [-0.2, -0.15) is 0 Å². The van der Waals surface area contributed by atoms with Gasteiger partial charge in [-0.25, -0.2) is 14.8 Å². The Balaban J connectivity index is 0.000000272. The summed E-state index contributed by atoms with van der Waals surface area (Å²) in [6, 6.07) is 14.5. The SMILES string of the molecule is CC.Cc1nc2ccccn2c1C1CCC(=O)N(C2CCCCC2)N1.Fc1ccccc1. The van der Waals surface area contributed by atoms with Gasteiger partial charge in [0.05, 0.1) is 17.4 Å². The van der Waals surface area contributed by atoms with Gasteiger partial charge in [0.25, 0.3) is 0 Å². The number of nitrogens with one attached hydrogen (secondary N) is 1. The number of amides is 1. The molecule has 1 amide bonds. The molecule has 1 aliphatic carbocycles. The zero-order chi connectivity index (χ0) is 22.9. The first-order valence-electron chi connectivity index (χ1n) is 11.9. The van der Waals surface area contributed by atoms with E-state index in [1.54, 1.807) is 18.2 Å². The summed E-state index contributed by atoms with van der Waals surface area (Å²) < 4.78 is 14.1. The molecule has 0 bridgehead atoms. The molecule has 1 unspecified atom stereocenters. The zero-order valence-corrected chi connectivity index (χ0v) is 19.4. The number of fused-ring (bicyclic) bond motifs is 1. The summed E-state index contributed by atoms with van der Waals surface area (Å²) in [5.74, 6) is 0.0714. The summed E-state index contributed by atoms with van der Waals surface area (Å²) in [6.45, 7) is 6.06. The van der Waals surface area contributed by atoms with Gasteiger partial charge in [0, 0.05) is 18.7 Å². The number of aromatic nitrogens is 2. The van der Waals surface area contributed by atoms with E-state index in [-0.39, 0.29) is 17.8 Å². The molecule has 172 valence electrons. The van der Waals surface area contributed by atoms with Crippen LogP contribution >= 0.6 is 0 Å². The molecule has 0 radical (unpaired) electrons. The number of pyridine rings is 1. The van der Waals surface area contributed by atoms with Crippen LogP contribution in [0, 0.1) is 12.7 Å². The van der Waals surface area contributed by atoms with E-state index in [2.05, 4.69) is 27.9 Å². The van der Waals surface area contributed by atoms with Crippen LogP contribution in [0.25, 0.3) is 5.65 Å². The second-order valence-electron chi connectivity index (χ2n) is 8.08. The number of rotatable bonds is 2. The van der Waals surface area contributed by atoms with E-state index >= 15 is 0 Å². The Kier molecular flexibility index (Phi) is 8.80. The summed E-state index contributed by atoms with van der Waals surface area (Å²) in [7, 11) is 0. The van der Waals surface area contributed by atoms with E-state index < -0.39 is 0 Å². The number of hydrazine groups is 1. The van der Waals surface area contributed by atoms with Crippen molar-refractivity contribution >= 4 is 11.6 Å². The Labute approximate surface area is 190 Å². The first-order chi connectivity index (χ1) is 15.6. The lowest BCUT2D eigenvalue weighted by atomic mass is 9.93. The van der Waals surface area contributed by atoms with Crippen molar-refractivity contribution in [2.24, 2.45) is 0 Å². The number of carbonyl (C=O) groups is 1. The van der Waals surface area contributed by atoms with Crippen LogP contribution in [0.4, 0.5) is 4.39 Å². The molecule has 1 aliphatic heterocycles. The van der Waals surface area contributed by atoms with Crippen molar-refractivity contribution in [3.63, 3.8) is 0 Å². The lowest BCUT2D eigenvalue weighted by Crippen LogP contribution is -2.54. The molecule has 5 rings (SSSR count). The molecule has 1 saturated heterocycles. The number of carbonyl (C=O) groups excluding carboxylic acids is 1. The smallest absolute Gasteiger partial charge is 0.237 e. The fraction of sp³-hybridized carbons (Fsp3) is 0.462. The maximum atomic E-state index is 12.4. The molecular formula is C26H35FN4O. The Morgan fingerprint density at radius 2 is 1.66 bits per heavy atom. The summed E-state index contributed by atoms with van der Waals surface area (Å²) in [4.78, 5) is 17.1. The molecule has 1 saturated carbocycles. The minimum atomic E-state index is -0.178. The molecule has 2 aliphatic rings. The Morgan fingerprint density at radius 1 is 0.969 bits per heavy atom. The lowest BCUT2D eigenvalue weighted by molar-refractivity contribution is -0.143. The van der Waals surface area contributed by atoms with Gasteiger partial charge in [0.1, 0.15) is 11.5 Å². The summed E-state index contributed by atoms with van der Waals surface area (Å²) in [5.41, 5.74) is 6.74. The average molecular weight is 439 g/mol. The number of nitrogens with zero attached hydrogens (tertiary/aromatic N) is 3. The predicted octanol–water partition coefficient (Wildman–Crippen LogP) is 6.00. The van der Waals surface area contributed by atoms with Gasteiger partial charge < -0.3 is 4.40 Å². The summed E-state index contributed by atoms with van der Waals surface area (Å²) in [5, 5.41) is 1.94. The molecule has 6 heteroatoms. The van der Waals surface area contributed by atoms with E-state index in [1.807, 2.05) is 37.1 Å². The van der Waals surface area contributed by atoms with Crippen LogP contribution in [0.15, 0.2) is 54.7 Å². The maximum absolute atomic E-state index is 12.4. The summed E-state index contributed by atoms with van der Waals surface area (Å²) >= 11 is 0. The Morgan fingerprint density at radius 3 is 2.31 bits per heavy atom. The van der Waals surface area contributed by atoms with E-state index in [0.29, 0.717) is 12.5 Å². The fourth-order valence-corrected chi connectivity index (χ4v) is 4.51. The van der Waals surface area contributed by atoms with Crippen molar-refractivity contribution in [3.8, 4) is 0 Å². The van der Waals surface area contributed by atoms with Gasteiger partial charge in [0.15, 0.2) is 0 Å². The van der Waals surface area contributed by atoms with Crippen molar-refractivity contribution in [1.29, 1.82) is 0 Å². The molecule has 3 heterocycles. The Hall–Kier alpha value is -2.73. The first-order valence-corrected chi connectivity index (χ1v) is 11.9. The van der Waals surface area contributed by atoms with Gasteiger partial charge in [-0.1, -0.05) is 57.4 Å². The first kappa shape index (κ1) is 23.9. The largest absolute Gasteiger partial charge is 0.302 e. The van der Waals surface area contributed by atoms with E-state index in [4.69, 9.17) is 0 Å². The van der Waals surface area contributed by atoms with Crippen molar-refractivity contribution in [1.82, 2.24) is 19.8 Å². The van der Waals surface area contributed by atoms with Gasteiger partial charge in [-0.05, 0) is 50.5 Å². The number of imidazole rings is 1. The zero-order valence-electron chi connectivity index (χ0n) is 19.4. The molecule has 2 fully saturated rings. The second kappa shape index (κ2) is 11.8. The van der Waals surface area contributed by atoms with Crippen molar-refractivity contribution < 1.29 is 9.18 Å². The van der Waals surface area contributed by atoms with E-state index in [0.717, 1.165) is 30.6 Å². The molecule has 1 aromatic carbocycles. The van der Waals surface area contributed by atoms with Crippen molar-refractivity contribution in [2.75, 3.05) is 0 Å². The standard InChI is InChI=1S/C18H24N4O.C6H5F.C2H6/c1-13-18(21-12-6-5-9-16(21)19-13)15-10-11-17(23)22(20-15)14-7-3-2-4-8-14;7-6-4-2-1-3-5-6;1-2/h5-6,9,12,14-15,20H,2-4,7-8,10-11H2,1H3;1-5H;1-2H3. The second-order valence-corrected chi connectivity index (χ2v) is 8.08. The Bertz CT molecular complexity index is 982. The lowest BCUT2D eigenvalue weighted by Gasteiger charge is -2.40. The van der Waals surface area contributed by atoms with Gasteiger partial charge in [-0.3, -0.25) is 9.80 Å². The quantitative estimate of drug-likeness (QED) is 0.534. The monoisotopic (exact) mass is 438 g/mol. The molecule has 0 spiro atoms. The van der Waals surface area contributed by atoms with Crippen LogP contribution in [0.3, 0.4) is 0 Å². The van der Waals surface area contributed by atoms with Crippen LogP contribution in [0.5, 0.6) is 0 Å². The molecule has 2 aromatic heterocycles. The average Bonchev–Trinajstić information content (AvgIpc) is 3.18. The van der Waals surface area contributed by atoms with Crippen LogP contribution < -0.4 is 5.43 Å². The van der Waals surface area contributed by atoms with Crippen LogP contribution in [0.2, 0.25) is 0 Å². The highest BCUT2D eigenvalue weighted by atomic mass is 19.1. The van der Waals surface area contributed by atoms with Crippen LogP contribution in [-0.4, -0.2) is 26.3 Å². The normalized spacial score (nSPS) is 19.1. The number of halogens is 1. The third-order valence-electron chi connectivity index (χ3n) is 5.96. The fourth-order valence-electron chi connectivity index (χ4n) is 4.51. The third-order valence-corrected chi connectivity index (χ3v) is 5.96. The van der Waals surface area contributed by atoms with Gasteiger partial charge in [-0.15, -0.1) is 0 Å². The van der Waals surface area contributed by atoms with Gasteiger partial charge in [0.2, 0.25) is 5.91 Å². The van der Waals surface area contributed by atoms with Crippen LogP contribution in [-0.2, 0) is 4.79 Å². The molecule has 32 heavy (non-hydrogen) atoms. The molecule has 5 nitrogen and oxygen atoms in total. The highest BCUT2D eigenvalue weighted by molar-refractivity contribution is 5.77. The molecule has 1 atom stereocenters. The maximum Gasteiger partial charge on any atom is 0.237 e. The minimum absolute atomic E-state index is 0.159. The summed E-state index contributed by atoms with van der Waals surface area (Å²) in [6.07, 6.45) is 9.53. The molecular weight excluding hydrogens is 403 g/mol. The van der Waals surface area contributed by atoms with E-state index in [1.165, 1.54) is 37.1 Å². The topological polar surface area (TPSA) is 49.6 Å². The number of benzene rings is 1. The number of hydrogen-bond donors (Lipinski definition) is 1. The van der Waals surface area contributed by atoms with Crippen molar-refractivity contribution in [3.05, 3.63) is 71.9 Å². The van der Waals surface area contributed by atoms with Crippen LogP contribution in [0.1, 0.15) is 76.2 Å².